The Morgan fingerprint density at radius 2 is 2.08 bits per heavy atom. The molecule has 0 aliphatic carbocycles. The zero-order valence-electron chi connectivity index (χ0n) is 8.20. The summed E-state index contributed by atoms with van der Waals surface area (Å²) in [5.74, 6) is -0.112. The lowest BCUT2D eigenvalue weighted by molar-refractivity contribution is 0.608. The fourth-order valence-electron chi connectivity index (χ4n) is 1.61. The fraction of sp³-hybridized carbons (Fsp3) is 0.455. The third-order valence-electron chi connectivity index (χ3n) is 2.35. The van der Waals surface area contributed by atoms with E-state index in [1.165, 1.54) is 5.56 Å². The molecular formula is C11H14BrF. The van der Waals surface area contributed by atoms with E-state index < -0.39 is 0 Å². The van der Waals surface area contributed by atoms with Crippen molar-refractivity contribution in [2.75, 3.05) is 0 Å². The quantitative estimate of drug-likeness (QED) is 0.686. The average Bonchev–Trinajstić information content (AvgIpc) is 2.04. The van der Waals surface area contributed by atoms with Crippen LogP contribution in [0.15, 0.2) is 12.1 Å². The van der Waals surface area contributed by atoms with Crippen LogP contribution in [0.2, 0.25) is 0 Å². The van der Waals surface area contributed by atoms with E-state index in [0.29, 0.717) is 0 Å². The first-order valence-corrected chi connectivity index (χ1v) is 5.41. The maximum absolute atomic E-state index is 13.4. The van der Waals surface area contributed by atoms with Crippen LogP contribution in [-0.2, 0) is 6.42 Å². The van der Waals surface area contributed by atoms with Crippen molar-refractivity contribution in [3.8, 4) is 0 Å². The van der Waals surface area contributed by atoms with Crippen molar-refractivity contribution in [1.82, 2.24) is 0 Å². The van der Waals surface area contributed by atoms with Gasteiger partial charge >= 0.3 is 0 Å². The zero-order valence-corrected chi connectivity index (χ0v) is 9.78. The summed E-state index contributed by atoms with van der Waals surface area (Å²) in [5.41, 5.74) is 3.09. The monoisotopic (exact) mass is 244 g/mol. The highest BCUT2D eigenvalue weighted by Crippen LogP contribution is 2.29. The lowest BCUT2D eigenvalue weighted by atomic mass is 9.98. The molecule has 0 aliphatic heterocycles. The van der Waals surface area contributed by atoms with Crippen LogP contribution in [0, 0.1) is 12.7 Å². The van der Waals surface area contributed by atoms with Gasteiger partial charge in [-0.3, -0.25) is 0 Å². The van der Waals surface area contributed by atoms with E-state index in [1.807, 2.05) is 19.9 Å². The van der Waals surface area contributed by atoms with Gasteiger partial charge in [-0.2, -0.15) is 0 Å². The summed E-state index contributed by atoms with van der Waals surface area (Å²) >= 11 is 3.41. The molecule has 0 heterocycles. The smallest absolute Gasteiger partial charge is 0.127 e. The number of hydrogen-bond acceptors (Lipinski definition) is 0. The normalized spacial score (nSPS) is 13.0. The van der Waals surface area contributed by atoms with Gasteiger partial charge in [0.25, 0.3) is 0 Å². The highest BCUT2D eigenvalue weighted by molar-refractivity contribution is 9.09. The van der Waals surface area contributed by atoms with E-state index in [2.05, 4.69) is 22.9 Å². The average molecular weight is 245 g/mol. The Labute approximate surface area is 87.3 Å². The van der Waals surface area contributed by atoms with Crippen molar-refractivity contribution in [1.29, 1.82) is 0 Å². The molecule has 0 fully saturated rings. The van der Waals surface area contributed by atoms with Crippen molar-refractivity contribution in [2.24, 2.45) is 0 Å². The first-order valence-electron chi connectivity index (χ1n) is 4.49. The lowest BCUT2D eigenvalue weighted by Gasteiger charge is -2.13. The van der Waals surface area contributed by atoms with E-state index >= 15 is 0 Å². The molecule has 0 spiro atoms. The summed E-state index contributed by atoms with van der Waals surface area (Å²) in [6.07, 6.45) is 0.957. The third kappa shape index (κ3) is 2.11. The number of rotatable bonds is 2. The number of alkyl halides is 1. The van der Waals surface area contributed by atoms with Crippen LogP contribution >= 0.6 is 15.9 Å². The standard InChI is InChI=1S/C11H14BrF/c1-4-9-5-6-10(13)11(7(9)2)8(3)12/h5-6,8H,4H2,1-3H3. The first-order chi connectivity index (χ1) is 6.07. The lowest BCUT2D eigenvalue weighted by Crippen LogP contribution is -1.98. The molecular weight excluding hydrogens is 231 g/mol. The molecule has 0 aliphatic rings. The largest absolute Gasteiger partial charge is 0.207 e. The summed E-state index contributed by atoms with van der Waals surface area (Å²) < 4.78 is 13.4. The van der Waals surface area contributed by atoms with Crippen LogP contribution in [0.5, 0.6) is 0 Å². The minimum absolute atomic E-state index is 0.0824. The summed E-state index contributed by atoms with van der Waals surface area (Å²) in [6.45, 7) is 6.02. The number of aryl methyl sites for hydroxylation is 1. The SMILES string of the molecule is CCc1ccc(F)c(C(C)Br)c1C. The van der Waals surface area contributed by atoms with Crippen LogP contribution < -0.4 is 0 Å². The Hall–Kier alpha value is -0.370. The highest BCUT2D eigenvalue weighted by Gasteiger charge is 2.12. The van der Waals surface area contributed by atoms with Crippen LogP contribution in [0.3, 0.4) is 0 Å². The summed E-state index contributed by atoms with van der Waals surface area (Å²) in [5, 5.41) is 0. The molecule has 0 bridgehead atoms. The first kappa shape index (κ1) is 10.7. The Morgan fingerprint density at radius 1 is 1.46 bits per heavy atom. The molecule has 0 saturated heterocycles. The summed E-state index contributed by atoms with van der Waals surface area (Å²) in [6, 6.07) is 3.42. The van der Waals surface area contributed by atoms with E-state index in [-0.39, 0.29) is 10.6 Å². The Balaban J connectivity index is 3.30. The fourth-order valence-corrected chi connectivity index (χ4v) is 2.17. The number of hydrogen-bond donors (Lipinski definition) is 0. The van der Waals surface area contributed by atoms with Crippen molar-refractivity contribution < 1.29 is 4.39 Å². The molecule has 1 aromatic carbocycles. The van der Waals surface area contributed by atoms with Gasteiger partial charge in [0.2, 0.25) is 0 Å². The van der Waals surface area contributed by atoms with Crippen LogP contribution in [0.1, 0.15) is 35.4 Å². The molecule has 0 N–H and O–H groups in total. The van der Waals surface area contributed by atoms with Gasteiger partial charge in [-0.1, -0.05) is 28.9 Å². The Kier molecular flexibility index (Phi) is 3.48. The summed E-state index contributed by atoms with van der Waals surface area (Å²) in [7, 11) is 0. The molecule has 0 radical (unpaired) electrons. The van der Waals surface area contributed by atoms with Crippen LogP contribution in [0.25, 0.3) is 0 Å². The Bertz CT molecular complexity index is 305. The molecule has 1 rings (SSSR count). The Morgan fingerprint density at radius 3 is 2.54 bits per heavy atom. The molecule has 1 atom stereocenters. The minimum atomic E-state index is -0.112. The van der Waals surface area contributed by atoms with E-state index in [0.717, 1.165) is 17.5 Å². The van der Waals surface area contributed by atoms with E-state index in [9.17, 15) is 4.39 Å². The molecule has 1 unspecified atom stereocenters. The topological polar surface area (TPSA) is 0 Å². The maximum Gasteiger partial charge on any atom is 0.127 e. The molecule has 0 aromatic heterocycles. The second-order valence-corrected chi connectivity index (χ2v) is 4.59. The van der Waals surface area contributed by atoms with E-state index in [4.69, 9.17) is 0 Å². The molecule has 0 saturated carbocycles. The summed E-state index contributed by atoms with van der Waals surface area (Å²) in [4.78, 5) is 0.0824. The predicted octanol–water partition coefficient (Wildman–Crippen LogP) is 4.15. The van der Waals surface area contributed by atoms with Crippen LogP contribution in [-0.4, -0.2) is 0 Å². The van der Waals surface area contributed by atoms with Crippen molar-refractivity contribution >= 4 is 15.9 Å². The number of benzene rings is 1. The van der Waals surface area contributed by atoms with Gasteiger partial charge in [-0.25, -0.2) is 4.39 Å². The van der Waals surface area contributed by atoms with Gasteiger partial charge in [0.15, 0.2) is 0 Å². The third-order valence-corrected chi connectivity index (χ3v) is 2.81. The number of halogens is 2. The molecule has 1 aromatic rings. The van der Waals surface area contributed by atoms with Crippen molar-refractivity contribution in [3.63, 3.8) is 0 Å². The van der Waals surface area contributed by atoms with Gasteiger partial charge in [-0.05, 0) is 37.5 Å². The highest BCUT2D eigenvalue weighted by atomic mass is 79.9. The molecule has 0 nitrogen and oxygen atoms in total. The second-order valence-electron chi connectivity index (χ2n) is 3.21. The minimum Gasteiger partial charge on any atom is -0.207 e. The van der Waals surface area contributed by atoms with Gasteiger partial charge in [0, 0.05) is 10.4 Å². The molecule has 2 heteroatoms. The maximum atomic E-state index is 13.4. The molecule has 0 amide bonds. The second kappa shape index (κ2) is 4.23. The van der Waals surface area contributed by atoms with Gasteiger partial charge in [0.1, 0.15) is 5.82 Å². The van der Waals surface area contributed by atoms with Gasteiger partial charge in [-0.15, -0.1) is 0 Å². The molecule has 13 heavy (non-hydrogen) atoms. The predicted molar refractivity (Wildman–Crippen MR) is 57.9 cm³/mol. The van der Waals surface area contributed by atoms with Crippen molar-refractivity contribution in [3.05, 3.63) is 34.6 Å². The van der Waals surface area contributed by atoms with E-state index in [1.54, 1.807) is 6.07 Å². The van der Waals surface area contributed by atoms with Crippen LogP contribution in [0.4, 0.5) is 4.39 Å². The zero-order chi connectivity index (χ0) is 10.0. The molecule has 72 valence electrons. The van der Waals surface area contributed by atoms with Gasteiger partial charge in [0.05, 0.1) is 0 Å². The van der Waals surface area contributed by atoms with Gasteiger partial charge < -0.3 is 0 Å². The van der Waals surface area contributed by atoms with Crippen molar-refractivity contribution in [2.45, 2.75) is 32.0 Å².